The third-order valence-corrected chi connectivity index (χ3v) is 1.27. The van der Waals surface area contributed by atoms with Crippen molar-refractivity contribution in [2.45, 2.75) is 0 Å². The van der Waals surface area contributed by atoms with Crippen molar-refractivity contribution in [2.24, 2.45) is 0 Å². The number of rotatable bonds is 1. The Morgan fingerprint density at radius 2 is 2.11 bits per heavy atom. The molecule has 9 heavy (non-hydrogen) atoms. The van der Waals surface area contributed by atoms with Crippen molar-refractivity contribution in [1.82, 2.24) is 0 Å². The van der Waals surface area contributed by atoms with Crippen LogP contribution < -0.4 is 0 Å². The van der Waals surface area contributed by atoms with E-state index in [1.807, 2.05) is 0 Å². The summed E-state index contributed by atoms with van der Waals surface area (Å²) in [7, 11) is -4.38. The van der Waals surface area contributed by atoms with Gasteiger partial charge in [-0.15, -0.1) is 0 Å². The molecule has 48 valence electrons. The van der Waals surface area contributed by atoms with Gasteiger partial charge in [0.1, 0.15) is 6.07 Å². The number of nitriles is 1. The normalized spacial score (nSPS) is 9.33. The Morgan fingerprint density at radius 3 is 2.11 bits per heavy atom. The fourth-order valence-electron chi connectivity index (χ4n) is 0.188. The first-order valence-electron chi connectivity index (χ1n) is 1.80. The molecule has 0 bridgehead atoms. The average Bonchev–Trinajstić information content (AvgIpc) is 1.65. The summed E-state index contributed by atoms with van der Waals surface area (Å²) in [5.41, 5.74) is 1.76. The molecule has 0 aromatic heterocycles. The number of hydrogen-bond acceptors (Lipinski definition) is 3. The van der Waals surface area contributed by atoms with Gasteiger partial charge >= 0.3 is 10.1 Å². The molecule has 0 spiro atoms. The molecular weight excluding hydrogens is 142 g/mol. The molecule has 0 aliphatic carbocycles. The minimum absolute atomic E-state index is 0.859. The Labute approximate surface area is 52.5 Å². The van der Waals surface area contributed by atoms with Crippen LogP contribution in [-0.4, -0.2) is 13.0 Å². The van der Waals surface area contributed by atoms with Gasteiger partial charge in [0.15, 0.2) is 0 Å². The molecule has 0 unspecified atom stereocenters. The molecule has 0 aromatic rings. The Kier molecular flexibility index (Phi) is 2.17. The van der Waals surface area contributed by atoms with E-state index in [1.165, 1.54) is 6.07 Å². The van der Waals surface area contributed by atoms with Crippen LogP contribution in [0.1, 0.15) is 0 Å². The maximum atomic E-state index is 9.99. The van der Waals surface area contributed by atoms with E-state index in [1.54, 1.807) is 5.73 Å². The van der Waals surface area contributed by atoms with E-state index in [0.717, 1.165) is 0 Å². The van der Waals surface area contributed by atoms with Gasteiger partial charge in [-0.2, -0.15) is 13.7 Å². The van der Waals surface area contributed by atoms with Crippen molar-refractivity contribution >= 4 is 10.1 Å². The van der Waals surface area contributed by atoms with Crippen LogP contribution in [0.3, 0.4) is 0 Å². The van der Waals surface area contributed by atoms with E-state index in [9.17, 15) is 8.42 Å². The number of nitrogens with zero attached hydrogens (tertiary/aromatic N) is 1. The van der Waals surface area contributed by atoms with Crippen LogP contribution in [0.2, 0.25) is 0 Å². The van der Waals surface area contributed by atoms with Gasteiger partial charge in [0.2, 0.25) is 4.91 Å². The minimum atomic E-state index is -4.38. The smallest absolute Gasteiger partial charge is 0.281 e. The first kappa shape index (κ1) is 7.92. The molecule has 0 atom stereocenters. The summed E-state index contributed by atoms with van der Waals surface area (Å²) in [6, 6.07) is 1.20. The lowest BCUT2D eigenvalue weighted by Gasteiger charge is -1.83. The number of hydrogen-bond donors (Lipinski definition) is 1. The summed E-state index contributed by atoms with van der Waals surface area (Å²) in [5.74, 6) is 0. The highest BCUT2D eigenvalue weighted by molar-refractivity contribution is 7.90. The molecule has 0 rings (SSSR count). The van der Waals surface area contributed by atoms with Gasteiger partial charge in [0.05, 0.1) is 0 Å². The average molecular weight is 145 g/mol. The zero-order chi connectivity index (χ0) is 7.49. The predicted molar refractivity (Wildman–Crippen MR) is 29.8 cm³/mol. The Morgan fingerprint density at radius 1 is 1.67 bits per heavy atom. The SMILES string of the molecule is C=C=C(C#N)S(=O)(=O)O. The van der Waals surface area contributed by atoms with Gasteiger partial charge in [0.25, 0.3) is 0 Å². The van der Waals surface area contributed by atoms with Crippen LogP contribution in [0.5, 0.6) is 0 Å². The molecule has 4 nitrogen and oxygen atoms in total. The van der Waals surface area contributed by atoms with Crippen LogP contribution in [-0.2, 0) is 10.1 Å². The summed E-state index contributed by atoms with van der Waals surface area (Å²) in [5, 5.41) is 7.93. The molecule has 0 aliphatic heterocycles. The van der Waals surface area contributed by atoms with Crippen molar-refractivity contribution in [3.05, 3.63) is 17.2 Å². The lowest BCUT2D eigenvalue weighted by atomic mass is 10.7. The maximum absolute atomic E-state index is 9.99. The van der Waals surface area contributed by atoms with E-state index >= 15 is 0 Å². The molecule has 0 aromatic carbocycles. The van der Waals surface area contributed by atoms with E-state index < -0.39 is 15.0 Å². The monoisotopic (exact) mass is 145 g/mol. The highest BCUT2D eigenvalue weighted by Crippen LogP contribution is 1.97. The maximum Gasteiger partial charge on any atom is 0.312 e. The summed E-state index contributed by atoms with van der Waals surface area (Å²) in [4.78, 5) is -0.859. The second-order valence-corrected chi connectivity index (χ2v) is 2.45. The summed E-state index contributed by atoms with van der Waals surface area (Å²) < 4.78 is 28.1. The summed E-state index contributed by atoms with van der Waals surface area (Å²) >= 11 is 0. The highest BCUT2D eigenvalue weighted by atomic mass is 32.2. The van der Waals surface area contributed by atoms with Crippen LogP contribution in [0.15, 0.2) is 17.2 Å². The van der Waals surface area contributed by atoms with E-state index in [4.69, 9.17) is 9.81 Å². The van der Waals surface area contributed by atoms with Crippen molar-refractivity contribution in [2.75, 3.05) is 0 Å². The quantitative estimate of drug-likeness (QED) is 0.321. The standard InChI is InChI=1S/C4H3NO3S/c1-2-4(3-5)9(6,7)8/h1H2,(H,6,7,8). The van der Waals surface area contributed by atoms with Crippen molar-refractivity contribution in [3.8, 4) is 6.07 Å². The van der Waals surface area contributed by atoms with Gasteiger partial charge in [-0.05, 0) is 0 Å². The second kappa shape index (κ2) is 2.46. The Hall–Kier alpha value is -1.08. The van der Waals surface area contributed by atoms with Crippen LogP contribution in [0.4, 0.5) is 0 Å². The van der Waals surface area contributed by atoms with Crippen molar-refractivity contribution in [3.63, 3.8) is 0 Å². The molecule has 0 saturated carbocycles. The van der Waals surface area contributed by atoms with E-state index in [-0.39, 0.29) is 0 Å². The van der Waals surface area contributed by atoms with E-state index in [0.29, 0.717) is 0 Å². The Bertz CT molecular complexity index is 288. The molecule has 5 heteroatoms. The zero-order valence-corrected chi connectivity index (χ0v) is 5.14. The third-order valence-electron chi connectivity index (χ3n) is 0.520. The molecule has 0 aliphatic rings. The molecule has 0 saturated heterocycles. The van der Waals surface area contributed by atoms with Crippen LogP contribution in [0, 0.1) is 11.3 Å². The molecule has 0 radical (unpaired) electrons. The summed E-state index contributed by atoms with van der Waals surface area (Å²) in [6.45, 7) is 2.87. The molecule has 0 amide bonds. The third kappa shape index (κ3) is 2.11. The van der Waals surface area contributed by atoms with Crippen LogP contribution in [0.25, 0.3) is 0 Å². The molecule has 0 fully saturated rings. The first-order valence-corrected chi connectivity index (χ1v) is 3.24. The van der Waals surface area contributed by atoms with Crippen molar-refractivity contribution in [1.29, 1.82) is 5.26 Å². The van der Waals surface area contributed by atoms with Gasteiger partial charge in [-0.3, -0.25) is 4.55 Å². The Balaban J connectivity index is 5.10. The van der Waals surface area contributed by atoms with Gasteiger partial charge < -0.3 is 0 Å². The number of allylic oxidation sites excluding steroid dienone is 1. The lowest BCUT2D eigenvalue weighted by Crippen LogP contribution is -1.97. The molecule has 0 heterocycles. The second-order valence-electron chi connectivity index (χ2n) is 1.09. The predicted octanol–water partition coefficient (Wildman–Crippen LogP) is 0.0666. The van der Waals surface area contributed by atoms with Crippen molar-refractivity contribution < 1.29 is 13.0 Å². The zero-order valence-electron chi connectivity index (χ0n) is 4.33. The van der Waals surface area contributed by atoms with Gasteiger partial charge in [0, 0.05) is 0 Å². The minimum Gasteiger partial charge on any atom is -0.281 e. The fourth-order valence-corrected chi connectivity index (χ4v) is 0.486. The van der Waals surface area contributed by atoms with Crippen LogP contribution >= 0.6 is 0 Å². The van der Waals surface area contributed by atoms with E-state index in [2.05, 4.69) is 6.58 Å². The first-order chi connectivity index (χ1) is 4.02. The lowest BCUT2D eigenvalue weighted by molar-refractivity contribution is 0.492. The topological polar surface area (TPSA) is 78.2 Å². The van der Waals surface area contributed by atoms with Gasteiger partial charge in [-0.1, -0.05) is 12.3 Å². The molecule has 1 N–H and O–H groups in total. The summed E-state index contributed by atoms with van der Waals surface area (Å²) in [6.07, 6.45) is 0. The fraction of sp³-hybridized carbons (Fsp3) is 0. The largest absolute Gasteiger partial charge is 0.312 e. The highest BCUT2D eigenvalue weighted by Gasteiger charge is 2.10. The molecular formula is C4H3NO3S. The van der Waals surface area contributed by atoms with Gasteiger partial charge in [-0.25, -0.2) is 0 Å².